The van der Waals surface area contributed by atoms with E-state index in [1.165, 1.54) is 5.56 Å². The number of nitrogens with zero attached hydrogens (tertiary/aromatic N) is 1. The molecule has 0 radical (unpaired) electrons. The van der Waals surface area contributed by atoms with Crippen molar-refractivity contribution in [1.82, 2.24) is 10.2 Å². The molecule has 4 nitrogen and oxygen atoms in total. The molecule has 144 valence electrons. The molecule has 1 aliphatic heterocycles. The number of rotatable bonds is 6. The number of benzene rings is 2. The number of likely N-dealkylation sites (tertiary alicyclic amines) is 1. The Hall–Kier alpha value is -1.85. The highest BCUT2D eigenvalue weighted by Gasteiger charge is 2.26. The fraction of sp³-hybridized carbons (Fsp3) is 0.409. The lowest BCUT2D eigenvalue weighted by molar-refractivity contribution is -0.127. The van der Waals surface area contributed by atoms with E-state index in [9.17, 15) is 4.79 Å². The molecule has 1 atom stereocenters. The third kappa shape index (κ3) is 5.56. The van der Waals surface area contributed by atoms with E-state index in [0.717, 1.165) is 48.3 Å². The maximum Gasteiger partial charge on any atom is 0.223 e. The monoisotopic (exact) mass is 430 g/mol. The number of amides is 1. The van der Waals surface area contributed by atoms with Crippen molar-refractivity contribution in [3.63, 3.8) is 0 Å². The summed E-state index contributed by atoms with van der Waals surface area (Å²) in [5, 5.41) is 3.17. The molecule has 0 aromatic heterocycles. The Labute approximate surface area is 170 Å². The molecule has 1 N–H and O–H groups in total. The largest absolute Gasteiger partial charge is 0.497 e. The van der Waals surface area contributed by atoms with Crippen molar-refractivity contribution in [2.75, 3.05) is 20.2 Å². The summed E-state index contributed by atoms with van der Waals surface area (Å²) in [7, 11) is 1.66. The molecular formula is C22H27BrN2O2. The van der Waals surface area contributed by atoms with Gasteiger partial charge in [0.2, 0.25) is 5.91 Å². The Morgan fingerprint density at radius 3 is 2.37 bits per heavy atom. The van der Waals surface area contributed by atoms with Crippen LogP contribution in [0.4, 0.5) is 0 Å². The van der Waals surface area contributed by atoms with Crippen LogP contribution in [0.5, 0.6) is 5.75 Å². The highest BCUT2D eigenvalue weighted by molar-refractivity contribution is 9.10. The second kappa shape index (κ2) is 9.38. The van der Waals surface area contributed by atoms with Crippen molar-refractivity contribution in [3.8, 4) is 5.75 Å². The average Bonchev–Trinajstić information content (AvgIpc) is 2.70. The van der Waals surface area contributed by atoms with E-state index in [1.807, 2.05) is 31.2 Å². The van der Waals surface area contributed by atoms with Crippen molar-refractivity contribution in [2.24, 2.45) is 5.92 Å². The van der Waals surface area contributed by atoms with Crippen LogP contribution in [0.25, 0.3) is 0 Å². The molecule has 1 amide bonds. The lowest BCUT2D eigenvalue weighted by atomic mass is 9.95. The van der Waals surface area contributed by atoms with Gasteiger partial charge in [-0.2, -0.15) is 0 Å². The molecule has 1 heterocycles. The van der Waals surface area contributed by atoms with E-state index in [2.05, 4.69) is 50.4 Å². The molecule has 27 heavy (non-hydrogen) atoms. The molecule has 3 rings (SSSR count). The van der Waals surface area contributed by atoms with Gasteiger partial charge in [0.25, 0.3) is 0 Å². The predicted molar refractivity (Wildman–Crippen MR) is 112 cm³/mol. The molecule has 0 saturated carbocycles. The van der Waals surface area contributed by atoms with Gasteiger partial charge in [0.15, 0.2) is 0 Å². The molecule has 2 aromatic rings. The third-order valence-electron chi connectivity index (χ3n) is 5.25. The van der Waals surface area contributed by atoms with E-state index < -0.39 is 0 Å². The predicted octanol–water partition coefficient (Wildman–Crippen LogP) is 4.55. The molecule has 1 saturated heterocycles. The highest BCUT2D eigenvalue weighted by Crippen LogP contribution is 2.22. The molecular weight excluding hydrogens is 404 g/mol. The summed E-state index contributed by atoms with van der Waals surface area (Å²) in [6, 6.07) is 16.3. The summed E-state index contributed by atoms with van der Waals surface area (Å²) < 4.78 is 6.29. The smallest absolute Gasteiger partial charge is 0.223 e. The number of hydrogen-bond acceptors (Lipinski definition) is 3. The number of piperidine rings is 1. The highest BCUT2D eigenvalue weighted by atomic mass is 79.9. The fourth-order valence-corrected chi connectivity index (χ4v) is 3.77. The zero-order valence-corrected chi connectivity index (χ0v) is 17.5. The van der Waals surface area contributed by atoms with E-state index in [-0.39, 0.29) is 17.9 Å². The first-order valence-corrected chi connectivity index (χ1v) is 10.3. The topological polar surface area (TPSA) is 41.6 Å². The van der Waals surface area contributed by atoms with Crippen LogP contribution in [0.1, 0.15) is 36.9 Å². The van der Waals surface area contributed by atoms with Crippen LogP contribution in [0, 0.1) is 5.92 Å². The quantitative estimate of drug-likeness (QED) is 0.730. The van der Waals surface area contributed by atoms with Crippen LogP contribution in [-0.2, 0) is 11.3 Å². The lowest BCUT2D eigenvalue weighted by Crippen LogP contribution is -2.40. The van der Waals surface area contributed by atoms with Gasteiger partial charge in [-0.25, -0.2) is 0 Å². The van der Waals surface area contributed by atoms with Gasteiger partial charge in [-0.15, -0.1) is 0 Å². The second-order valence-electron chi connectivity index (χ2n) is 7.18. The summed E-state index contributed by atoms with van der Waals surface area (Å²) in [5.41, 5.74) is 2.41. The summed E-state index contributed by atoms with van der Waals surface area (Å²) in [6.07, 6.45) is 1.83. The zero-order valence-electron chi connectivity index (χ0n) is 16.0. The summed E-state index contributed by atoms with van der Waals surface area (Å²) in [6.45, 7) is 4.91. The minimum Gasteiger partial charge on any atom is -0.497 e. The second-order valence-corrected chi connectivity index (χ2v) is 8.10. The summed E-state index contributed by atoms with van der Waals surface area (Å²) in [5.74, 6) is 1.10. The summed E-state index contributed by atoms with van der Waals surface area (Å²) in [4.78, 5) is 15.1. The number of halogens is 1. The maximum atomic E-state index is 12.6. The number of hydrogen-bond donors (Lipinski definition) is 1. The van der Waals surface area contributed by atoms with Crippen molar-refractivity contribution in [2.45, 2.75) is 32.4 Å². The molecule has 5 heteroatoms. The number of ether oxygens (including phenoxy) is 1. The minimum absolute atomic E-state index is 0.00389. The molecule has 0 aliphatic carbocycles. The number of carbonyl (C=O) groups is 1. The van der Waals surface area contributed by atoms with Gasteiger partial charge in [0.05, 0.1) is 13.2 Å². The minimum atomic E-state index is 0.00389. The summed E-state index contributed by atoms with van der Waals surface area (Å²) >= 11 is 3.47. The Morgan fingerprint density at radius 2 is 1.78 bits per heavy atom. The van der Waals surface area contributed by atoms with Gasteiger partial charge < -0.3 is 10.1 Å². The van der Waals surface area contributed by atoms with E-state index in [0.29, 0.717) is 0 Å². The SMILES string of the molecule is COc1ccc(C(C)NC(=O)C2CCN(Cc3ccc(Br)cc3)CC2)cc1. The van der Waals surface area contributed by atoms with Crippen LogP contribution >= 0.6 is 15.9 Å². The molecule has 1 fully saturated rings. The van der Waals surface area contributed by atoms with Gasteiger partial charge in [-0.3, -0.25) is 9.69 Å². The van der Waals surface area contributed by atoms with E-state index in [4.69, 9.17) is 4.74 Å². The zero-order chi connectivity index (χ0) is 19.2. The van der Waals surface area contributed by atoms with Crippen LogP contribution in [0.2, 0.25) is 0 Å². The Balaban J connectivity index is 1.46. The van der Waals surface area contributed by atoms with Gasteiger partial charge in [0.1, 0.15) is 5.75 Å². The van der Waals surface area contributed by atoms with E-state index in [1.54, 1.807) is 7.11 Å². The van der Waals surface area contributed by atoms with Crippen molar-refractivity contribution < 1.29 is 9.53 Å². The molecule has 0 bridgehead atoms. The van der Waals surface area contributed by atoms with Gasteiger partial charge in [-0.1, -0.05) is 40.2 Å². The van der Waals surface area contributed by atoms with Crippen LogP contribution in [-0.4, -0.2) is 31.0 Å². The van der Waals surface area contributed by atoms with E-state index >= 15 is 0 Å². The molecule has 0 spiro atoms. The Bertz CT molecular complexity index is 738. The van der Waals surface area contributed by atoms with Crippen LogP contribution < -0.4 is 10.1 Å². The van der Waals surface area contributed by atoms with Gasteiger partial charge in [0, 0.05) is 16.9 Å². The van der Waals surface area contributed by atoms with Crippen molar-refractivity contribution in [1.29, 1.82) is 0 Å². The first-order valence-electron chi connectivity index (χ1n) is 9.46. The average molecular weight is 431 g/mol. The molecule has 1 unspecified atom stereocenters. The lowest BCUT2D eigenvalue weighted by Gasteiger charge is -2.32. The van der Waals surface area contributed by atoms with Gasteiger partial charge in [-0.05, 0) is 68.2 Å². The fourth-order valence-electron chi connectivity index (χ4n) is 3.51. The third-order valence-corrected chi connectivity index (χ3v) is 5.78. The number of methoxy groups -OCH3 is 1. The van der Waals surface area contributed by atoms with Crippen molar-refractivity contribution in [3.05, 3.63) is 64.1 Å². The maximum absolute atomic E-state index is 12.6. The molecule has 1 aliphatic rings. The van der Waals surface area contributed by atoms with Crippen LogP contribution in [0.3, 0.4) is 0 Å². The Morgan fingerprint density at radius 1 is 1.15 bits per heavy atom. The van der Waals surface area contributed by atoms with Gasteiger partial charge >= 0.3 is 0 Å². The first kappa shape index (κ1) is 19.9. The van der Waals surface area contributed by atoms with Crippen LogP contribution in [0.15, 0.2) is 53.0 Å². The standard InChI is InChI=1S/C22H27BrN2O2/c1-16(18-5-9-21(27-2)10-6-18)24-22(26)19-11-13-25(14-12-19)15-17-3-7-20(23)8-4-17/h3-10,16,19H,11-15H2,1-2H3,(H,24,26). The Kier molecular flexibility index (Phi) is 6.91. The number of carbonyl (C=O) groups excluding carboxylic acids is 1. The number of nitrogens with one attached hydrogen (secondary N) is 1. The first-order chi connectivity index (χ1) is 13.0. The van der Waals surface area contributed by atoms with Crippen molar-refractivity contribution >= 4 is 21.8 Å². The molecule has 2 aromatic carbocycles. The normalized spacial score (nSPS) is 16.7.